The Bertz CT molecular complexity index is 624. The van der Waals surface area contributed by atoms with Crippen molar-refractivity contribution in [2.75, 3.05) is 13.1 Å². The molecule has 0 atom stereocenters. The lowest BCUT2D eigenvalue weighted by atomic mass is 9.98. The van der Waals surface area contributed by atoms with E-state index in [2.05, 4.69) is 20.9 Å². The van der Waals surface area contributed by atoms with E-state index in [4.69, 9.17) is 4.74 Å². The van der Waals surface area contributed by atoms with Crippen LogP contribution < -0.4 is 0 Å². The van der Waals surface area contributed by atoms with Crippen LogP contribution in [0.3, 0.4) is 0 Å². The summed E-state index contributed by atoms with van der Waals surface area (Å²) in [7, 11) is 0. The molecule has 0 saturated carbocycles. The predicted octanol–water partition coefficient (Wildman–Crippen LogP) is 4.42. The van der Waals surface area contributed by atoms with E-state index in [-0.39, 0.29) is 6.09 Å². The van der Waals surface area contributed by atoms with Gasteiger partial charge in [-0.1, -0.05) is 30.3 Å². The third-order valence-electron chi connectivity index (χ3n) is 3.80. The summed E-state index contributed by atoms with van der Waals surface area (Å²) in [5, 5.41) is 1.16. The molecule has 3 rings (SSSR count). The van der Waals surface area contributed by atoms with E-state index in [9.17, 15) is 4.79 Å². The molecule has 22 heavy (non-hydrogen) atoms. The van der Waals surface area contributed by atoms with Crippen LogP contribution in [0, 0.1) is 0 Å². The van der Waals surface area contributed by atoms with Crippen molar-refractivity contribution in [3.63, 3.8) is 0 Å². The fourth-order valence-electron chi connectivity index (χ4n) is 2.58. The molecule has 1 aromatic heterocycles. The standard InChI is InChI=1S/C16H17BrN2O2S/c17-14-10-18-15(22-14)13-6-8-19(9-7-13)16(20)21-11-12-4-2-1-3-5-12/h1-5,10,13H,6-9,11H2. The lowest BCUT2D eigenvalue weighted by molar-refractivity contribution is 0.0870. The van der Waals surface area contributed by atoms with Gasteiger partial charge >= 0.3 is 6.09 Å². The molecular formula is C16H17BrN2O2S. The van der Waals surface area contributed by atoms with Gasteiger partial charge in [0.15, 0.2) is 0 Å². The van der Waals surface area contributed by atoms with Gasteiger partial charge in [0.2, 0.25) is 0 Å². The van der Waals surface area contributed by atoms with E-state index in [1.165, 1.54) is 0 Å². The van der Waals surface area contributed by atoms with Crippen LogP contribution >= 0.6 is 27.3 Å². The van der Waals surface area contributed by atoms with Crippen LogP contribution in [0.1, 0.15) is 29.3 Å². The monoisotopic (exact) mass is 380 g/mol. The quantitative estimate of drug-likeness (QED) is 0.791. The zero-order valence-corrected chi connectivity index (χ0v) is 14.5. The second-order valence-corrected chi connectivity index (χ2v) is 7.75. The molecule has 0 unspecified atom stereocenters. The molecule has 1 fully saturated rings. The summed E-state index contributed by atoms with van der Waals surface area (Å²) in [5.41, 5.74) is 1.01. The minimum absolute atomic E-state index is 0.220. The summed E-state index contributed by atoms with van der Waals surface area (Å²) in [6.07, 6.45) is 3.52. The number of nitrogens with zero attached hydrogens (tertiary/aromatic N) is 2. The van der Waals surface area contributed by atoms with Gasteiger partial charge in [0.05, 0.1) is 15.0 Å². The van der Waals surface area contributed by atoms with Crippen LogP contribution in [0.4, 0.5) is 4.79 Å². The van der Waals surface area contributed by atoms with Crippen molar-refractivity contribution in [1.29, 1.82) is 0 Å². The molecule has 1 aromatic carbocycles. The van der Waals surface area contributed by atoms with Crippen LogP contribution in [0.5, 0.6) is 0 Å². The second kappa shape index (κ2) is 7.24. The van der Waals surface area contributed by atoms with Crippen molar-refractivity contribution in [2.45, 2.75) is 25.4 Å². The Morgan fingerprint density at radius 2 is 2.05 bits per heavy atom. The van der Waals surface area contributed by atoms with Gasteiger partial charge < -0.3 is 9.64 Å². The highest BCUT2D eigenvalue weighted by Crippen LogP contribution is 2.32. The molecule has 116 valence electrons. The van der Waals surface area contributed by atoms with Gasteiger partial charge in [-0.25, -0.2) is 9.78 Å². The zero-order chi connectivity index (χ0) is 15.4. The SMILES string of the molecule is O=C(OCc1ccccc1)N1CCC(c2ncc(Br)s2)CC1. The minimum atomic E-state index is -0.220. The van der Waals surface area contributed by atoms with Crippen LogP contribution in [0.2, 0.25) is 0 Å². The molecule has 0 bridgehead atoms. The molecule has 0 aliphatic carbocycles. The highest BCUT2D eigenvalue weighted by molar-refractivity contribution is 9.11. The molecule has 6 heteroatoms. The summed E-state index contributed by atoms with van der Waals surface area (Å²) in [6, 6.07) is 9.76. The maximum absolute atomic E-state index is 12.1. The fraction of sp³-hybridized carbons (Fsp3) is 0.375. The average molecular weight is 381 g/mol. The van der Waals surface area contributed by atoms with Gasteiger partial charge in [0, 0.05) is 19.0 Å². The first kappa shape index (κ1) is 15.5. The normalized spacial score (nSPS) is 15.8. The molecular weight excluding hydrogens is 364 g/mol. The largest absolute Gasteiger partial charge is 0.445 e. The number of piperidine rings is 1. The van der Waals surface area contributed by atoms with Gasteiger partial charge in [-0.05, 0) is 34.3 Å². The Morgan fingerprint density at radius 3 is 2.68 bits per heavy atom. The Balaban J connectivity index is 1.47. The van der Waals surface area contributed by atoms with Gasteiger partial charge in [-0.15, -0.1) is 11.3 Å². The lowest BCUT2D eigenvalue weighted by Gasteiger charge is -2.30. The highest BCUT2D eigenvalue weighted by Gasteiger charge is 2.26. The molecule has 2 aromatic rings. The van der Waals surface area contributed by atoms with Crippen LogP contribution in [-0.4, -0.2) is 29.1 Å². The number of thiazole rings is 1. The van der Waals surface area contributed by atoms with E-state index >= 15 is 0 Å². The number of carbonyl (C=O) groups excluding carboxylic acids is 1. The molecule has 0 spiro atoms. The highest BCUT2D eigenvalue weighted by atomic mass is 79.9. The third kappa shape index (κ3) is 3.87. The molecule has 1 saturated heterocycles. The second-order valence-electron chi connectivity index (χ2n) is 5.30. The number of likely N-dealkylation sites (tertiary alicyclic amines) is 1. The number of benzene rings is 1. The smallest absolute Gasteiger partial charge is 0.410 e. The molecule has 1 aliphatic rings. The van der Waals surface area contributed by atoms with Gasteiger partial charge in [0.1, 0.15) is 6.61 Å². The first-order valence-electron chi connectivity index (χ1n) is 7.29. The third-order valence-corrected chi connectivity index (χ3v) is 5.44. The lowest BCUT2D eigenvalue weighted by Crippen LogP contribution is -2.38. The van der Waals surface area contributed by atoms with Crippen molar-refractivity contribution in [2.24, 2.45) is 0 Å². The summed E-state index contributed by atoms with van der Waals surface area (Å²) in [4.78, 5) is 18.3. The van der Waals surface area contributed by atoms with E-state index in [1.54, 1.807) is 16.2 Å². The number of ether oxygens (including phenoxy) is 1. The zero-order valence-electron chi connectivity index (χ0n) is 12.1. The average Bonchev–Trinajstić information content (AvgIpc) is 3.00. The predicted molar refractivity (Wildman–Crippen MR) is 90.0 cm³/mol. The number of amides is 1. The fourth-order valence-corrected chi connectivity index (χ4v) is 3.99. The summed E-state index contributed by atoms with van der Waals surface area (Å²) < 4.78 is 6.44. The first-order valence-corrected chi connectivity index (χ1v) is 8.90. The maximum atomic E-state index is 12.1. The number of hydrogen-bond acceptors (Lipinski definition) is 4. The molecule has 1 aliphatic heterocycles. The maximum Gasteiger partial charge on any atom is 0.410 e. The summed E-state index contributed by atoms with van der Waals surface area (Å²) in [6.45, 7) is 1.80. The van der Waals surface area contributed by atoms with Crippen molar-refractivity contribution in [3.05, 3.63) is 50.9 Å². The topological polar surface area (TPSA) is 42.4 Å². The molecule has 1 amide bonds. The van der Waals surface area contributed by atoms with Gasteiger partial charge in [-0.2, -0.15) is 0 Å². The van der Waals surface area contributed by atoms with E-state index in [0.717, 1.165) is 40.3 Å². The minimum Gasteiger partial charge on any atom is -0.445 e. The summed E-state index contributed by atoms with van der Waals surface area (Å²) in [5.74, 6) is 0.453. The van der Waals surface area contributed by atoms with E-state index in [0.29, 0.717) is 12.5 Å². The number of rotatable bonds is 3. The van der Waals surface area contributed by atoms with E-state index < -0.39 is 0 Å². The molecule has 0 N–H and O–H groups in total. The molecule has 0 radical (unpaired) electrons. The van der Waals surface area contributed by atoms with Crippen molar-refractivity contribution in [3.8, 4) is 0 Å². The Labute approximate surface area is 142 Å². The van der Waals surface area contributed by atoms with E-state index in [1.807, 2.05) is 36.5 Å². The van der Waals surface area contributed by atoms with Crippen molar-refractivity contribution < 1.29 is 9.53 Å². The van der Waals surface area contributed by atoms with Gasteiger partial charge in [-0.3, -0.25) is 0 Å². The number of halogens is 1. The molecule has 2 heterocycles. The Morgan fingerprint density at radius 1 is 1.32 bits per heavy atom. The Kier molecular flexibility index (Phi) is 5.10. The van der Waals surface area contributed by atoms with Crippen LogP contribution in [0.25, 0.3) is 0 Å². The van der Waals surface area contributed by atoms with Crippen LogP contribution in [0.15, 0.2) is 40.3 Å². The Hall–Kier alpha value is -1.40. The van der Waals surface area contributed by atoms with Gasteiger partial charge in [0.25, 0.3) is 0 Å². The number of aromatic nitrogens is 1. The van der Waals surface area contributed by atoms with Crippen molar-refractivity contribution >= 4 is 33.4 Å². The number of carbonyl (C=O) groups is 1. The first-order chi connectivity index (χ1) is 10.7. The molecule has 4 nitrogen and oxygen atoms in total. The number of hydrogen-bond donors (Lipinski definition) is 0. The van der Waals surface area contributed by atoms with Crippen LogP contribution in [-0.2, 0) is 11.3 Å². The summed E-state index contributed by atoms with van der Waals surface area (Å²) >= 11 is 5.13. The van der Waals surface area contributed by atoms with Crippen molar-refractivity contribution in [1.82, 2.24) is 9.88 Å².